The topological polar surface area (TPSA) is 68.0 Å². The van der Waals surface area contributed by atoms with Crippen molar-refractivity contribution in [3.63, 3.8) is 0 Å². The molecule has 0 aliphatic rings. The number of hydrogen-bond acceptors (Lipinski definition) is 5. The quantitative estimate of drug-likeness (QED) is 0.602. The van der Waals surface area contributed by atoms with Gasteiger partial charge in [0.25, 0.3) is 0 Å². The zero-order valence-corrected chi connectivity index (χ0v) is 13.1. The largest absolute Gasteiger partial charge is 0.416 e. The second-order valence-electron chi connectivity index (χ2n) is 5.52. The highest BCUT2D eigenvalue weighted by molar-refractivity contribution is 5.76. The molecule has 9 heteroatoms. The molecule has 0 bridgehead atoms. The van der Waals surface area contributed by atoms with E-state index in [1.165, 1.54) is 18.3 Å². The number of hydrogen-bond donors (Lipinski definition) is 1. The summed E-state index contributed by atoms with van der Waals surface area (Å²) in [7, 11) is 0. The maximum Gasteiger partial charge on any atom is 0.416 e. The van der Waals surface area contributed by atoms with Crippen LogP contribution in [-0.2, 0) is 6.18 Å². The van der Waals surface area contributed by atoms with E-state index in [2.05, 4.69) is 25.8 Å². The van der Waals surface area contributed by atoms with Crippen LogP contribution in [-0.4, -0.2) is 25.0 Å². The van der Waals surface area contributed by atoms with Crippen LogP contribution in [0.2, 0.25) is 0 Å². The van der Waals surface area contributed by atoms with Gasteiger partial charge in [-0.3, -0.25) is 0 Å². The molecule has 3 heterocycles. The minimum Gasteiger partial charge on any atom is -0.337 e. The van der Waals surface area contributed by atoms with Crippen molar-refractivity contribution in [3.05, 3.63) is 66.6 Å². The van der Waals surface area contributed by atoms with Crippen LogP contribution in [0.1, 0.15) is 5.56 Å². The Morgan fingerprint density at radius 2 is 1.73 bits per heavy atom. The van der Waals surface area contributed by atoms with Crippen LogP contribution >= 0.6 is 0 Å². The smallest absolute Gasteiger partial charge is 0.337 e. The summed E-state index contributed by atoms with van der Waals surface area (Å²) in [6.45, 7) is 0. The summed E-state index contributed by atoms with van der Waals surface area (Å²) in [5, 5.41) is 18.8. The number of halogens is 3. The third-order valence-electron chi connectivity index (χ3n) is 3.80. The highest BCUT2D eigenvalue weighted by Crippen LogP contribution is 2.31. The summed E-state index contributed by atoms with van der Waals surface area (Å²) >= 11 is 0. The van der Waals surface area contributed by atoms with Crippen molar-refractivity contribution in [3.8, 4) is 11.1 Å². The summed E-state index contributed by atoms with van der Waals surface area (Å²) in [5.74, 6) is 0.455. The van der Waals surface area contributed by atoms with Crippen LogP contribution in [0.25, 0.3) is 16.6 Å². The molecule has 1 N–H and O–H groups in total. The van der Waals surface area contributed by atoms with E-state index in [1.54, 1.807) is 29.0 Å². The van der Waals surface area contributed by atoms with E-state index in [1.807, 2.05) is 6.07 Å². The van der Waals surface area contributed by atoms with E-state index in [0.717, 1.165) is 23.3 Å². The molecular weight excluding hydrogens is 345 g/mol. The lowest BCUT2D eigenvalue weighted by Gasteiger charge is -2.09. The molecule has 4 rings (SSSR count). The van der Waals surface area contributed by atoms with Crippen LogP contribution in [0.3, 0.4) is 0 Å². The normalized spacial score (nSPS) is 11.7. The van der Waals surface area contributed by atoms with Crippen molar-refractivity contribution < 1.29 is 13.2 Å². The van der Waals surface area contributed by atoms with E-state index in [9.17, 15) is 13.2 Å². The van der Waals surface area contributed by atoms with E-state index in [4.69, 9.17) is 0 Å². The molecule has 6 nitrogen and oxygen atoms in total. The molecule has 130 valence electrons. The van der Waals surface area contributed by atoms with Gasteiger partial charge in [-0.2, -0.15) is 18.3 Å². The molecule has 0 atom stereocenters. The molecule has 26 heavy (non-hydrogen) atoms. The molecule has 0 saturated carbocycles. The highest BCUT2D eigenvalue weighted by Gasteiger charge is 2.29. The standard InChI is InChI=1S/C17H11F3N6/c18-17(19,20)13-5-3-11(4-6-13)12-8-16(24-21-9-12)23-14-2-1-7-26-15(14)10-22-25-26/h1-10H,(H,23,24). The molecule has 0 spiro atoms. The molecule has 0 radical (unpaired) electrons. The van der Waals surface area contributed by atoms with Gasteiger partial charge < -0.3 is 5.32 Å². The zero-order chi connectivity index (χ0) is 18.1. The zero-order valence-electron chi connectivity index (χ0n) is 13.1. The second kappa shape index (κ2) is 6.10. The van der Waals surface area contributed by atoms with Gasteiger partial charge in [0.15, 0.2) is 5.82 Å². The third kappa shape index (κ3) is 3.06. The Morgan fingerprint density at radius 3 is 2.50 bits per heavy atom. The van der Waals surface area contributed by atoms with Crippen molar-refractivity contribution in [2.75, 3.05) is 5.32 Å². The van der Waals surface area contributed by atoms with Crippen LogP contribution in [0, 0.1) is 0 Å². The lowest BCUT2D eigenvalue weighted by molar-refractivity contribution is -0.137. The van der Waals surface area contributed by atoms with Crippen LogP contribution < -0.4 is 5.32 Å². The van der Waals surface area contributed by atoms with Gasteiger partial charge in [-0.25, -0.2) is 4.52 Å². The minimum absolute atomic E-state index is 0.455. The van der Waals surface area contributed by atoms with Crippen molar-refractivity contribution >= 4 is 17.0 Å². The Kier molecular flexibility index (Phi) is 3.76. The molecular formula is C17H11F3N6. The molecule has 0 saturated heterocycles. The van der Waals surface area contributed by atoms with Gasteiger partial charge in [0, 0.05) is 11.8 Å². The fourth-order valence-corrected chi connectivity index (χ4v) is 2.53. The number of benzene rings is 1. The molecule has 3 aromatic heterocycles. The molecule has 0 amide bonds. The first-order chi connectivity index (χ1) is 12.5. The summed E-state index contributed by atoms with van der Waals surface area (Å²) in [6.07, 6.45) is 0.502. The summed E-state index contributed by atoms with van der Waals surface area (Å²) < 4.78 is 39.7. The summed E-state index contributed by atoms with van der Waals surface area (Å²) in [6, 6.07) is 10.3. The monoisotopic (exact) mass is 356 g/mol. The predicted molar refractivity (Wildman–Crippen MR) is 88.7 cm³/mol. The number of aromatic nitrogens is 5. The van der Waals surface area contributed by atoms with Gasteiger partial charge >= 0.3 is 6.18 Å². The Bertz CT molecular complexity index is 1060. The first-order valence-corrected chi connectivity index (χ1v) is 7.57. The van der Waals surface area contributed by atoms with Crippen LogP contribution in [0.15, 0.2) is 61.1 Å². The highest BCUT2D eigenvalue weighted by atomic mass is 19.4. The fourth-order valence-electron chi connectivity index (χ4n) is 2.53. The molecule has 0 aliphatic carbocycles. The Morgan fingerprint density at radius 1 is 0.923 bits per heavy atom. The van der Waals surface area contributed by atoms with E-state index >= 15 is 0 Å². The number of alkyl halides is 3. The van der Waals surface area contributed by atoms with Gasteiger partial charge in [0.1, 0.15) is 5.52 Å². The van der Waals surface area contributed by atoms with Gasteiger partial charge in [-0.1, -0.05) is 17.3 Å². The van der Waals surface area contributed by atoms with Crippen molar-refractivity contribution in [1.82, 2.24) is 25.0 Å². The SMILES string of the molecule is FC(F)(F)c1ccc(-c2cnnc(Nc3cccn4nncc34)c2)cc1. The van der Waals surface area contributed by atoms with Gasteiger partial charge in [0.2, 0.25) is 0 Å². The maximum absolute atomic E-state index is 12.7. The third-order valence-corrected chi connectivity index (χ3v) is 3.80. The van der Waals surface area contributed by atoms with Crippen LogP contribution in [0.4, 0.5) is 24.7 Å². The van der Waals surface area contributed by atoms with E-state index in [0.29, 0.717) is 16.9 Å². The minimum atomic E-state index is -4.36. The van der Waals surface area contributed by atoms with E-state index in [-0.39, 0.29) is 0 Å². The first kappa shape index (κ1) is 16.0. The number of rotatable bonds is 3. The Hall–Kier alpha value is -3.49. The maximum atomic E-state index is 12.7. The van der Waals surface area contributed by atoms with Gasteiger partial charge in [-0.15, -0.1) is 10.2 Å². The number of nitrogens with one attached hydrogen (secondary N) is 1. The summed E-state index contributed by atoms with van der Waals surface area (Å²) in [5.41, 5.74) is 2.06. The van der Waals surface area contributed by atoms with Crippen LogP contribution in [0.5, 0.6) is 0 Å². The molecule has 0 aliphatic heterocycles. The average molecular weight is 356 g/mol. The lowest BCUT2D eigenvalue weighted by Crippen LogP contribution is -2.04. The number of nitrogens with zero attached hydrogens (tertiary/aromatic N) is 5. The number of anilines is 2. The van der Waals surface area contributed by atoms with E-state index < -0.39 is 11.7 Å². The first-order valence-electron chi connectivity index (χ1n) is 7.57. The van der Waals surface area contributed by atoms with Gasteiger partial charge in [-0.05, 0) is 35.9 Å². The second-order valence-corrected chi connectivity index (χ2v) is 5.52. The number of fused-ring (bicyclic) bond motifs is 1. The van der Waals surface area contributed by atoms with Crippen molar-refractivity contribution in [1.29, 1.82) is 0 Å². The lowest BCUT2D eigenvalue weighted by atomic mass is 10.1. The summed E-state index contributed by atoms with van der Waals surface area (Å²) in [4.78, 5) is 0. The molecule has 1 aromatic carbocycles. The molecule has 4 aromatic rings. The van der Waals surface area contributed by atoms with Crippen molar-refractivity contribution in [2.24, 2.45) is 0 Å². The Balaban J connectivity index is 1.64. The van der Waals surface area contributed by atoms with Gasteiger partial charge in [0.05, 0.1) is 23.6 Å². The molecule has 0 fully saturated rings. The predicted octanol–water partition coefficient (Wildman–Crippen LogP) is 3.95. The average Bonchev–Trinajstić information content (AvgIpc) is 3.11. The molecule has 0 unspecified atom stereocenters. The fraction of sp³-hybridized carbons (Fsp3) is 0.0588. The number of pyridine rings is 1. The van der Waals surface area contributed by atoms with Crippen molar-refractivity contribution in [2.45, 2.75) is 6.18 Å². The Labute approximate surface area is 145 Å².